The first-order chi connectivity index (χ1) is 34.8. The summed E-state index contributed by atoms with van der Waals surface area (Å²) < 4.78 is 0. The summed E-state index contributed by atoms with van der Waals surface area (Å²) in [5.41, 5.74) is 13.3. The maximum absolute atomic E-state index is 14.0. The Kier molecular flexibility index (Phi) is 23.6. The molecule has 0 saturated carbocycles. The molecular formula is C48H67N11O15. The normalized spacial score (nSPS) is 14.8. The molecule has 1 aromatic heterocycles. The van der Waals surface area contributed by atoms with E-state index in [-0.39, 0.29) is 25.2 Å². The summed E-state index contributed by atoms with van der Waals surface area (Å²) >= 11 is 0. The quantitative estimate of drug-likeness (QED) is 0.0306. The summed E-state index contributed by atoms with van der Waals surface area (Å²) in [7, 11) is 0. The van der Waals surface area contributed by atoms with Crippen LogP contribution in [0.2, 0.25) is 0 Å². The number of carboxylic acids is 2. The Hall–Kier alpha value is -7.97. The zero-order chi connectivity index (χ0) is 55.4. The predicted octanol–water partition coefficient (Wildman–Crippen LogP) is -3.70. The van der Waals surface area contributed by atoms with Gasteiger partial charge in [0.1, 0.15) is 42.3 Å². The zero-order valence-electron chi connectivity index (χ0n) is 41.5. The average molecular weight is 1040 g/mol. The van der Waals surface area contributed by atoms with Crippen LogP contribution in [0.5, 0.6) is 0 Å². The number of H-pyrrole nitrogens is 1. The van der Waals surface area contributed by atoms with Gasteiger partial charge >= 0.3 is 11.9 Å². The fraction of sp³-hybridized carbons (Fsp3) is 0.479. The highest BCUT2D eigenvalue weighted by Crippen LogP contribution is 2.20. The van der Waals surface area contributed by atoms with Crippen molar-refractivity contribution in [2.24, 2.45) is 23.3 Å². The Morgan fingerprint density at radius 2 is 1.14 bits per heavy atom. The molecule has 1 heterocycles. The van der Waals surface area contributed by atoms with Crippen molar-refractivity contribution in [2.45, 2.75) is 121 Å². The van der Waals surface area contributed by atoms with Crippen LogP contribution in [-0.2, 0) is 65.6 Å². The summed E-state index contributed by atoms with van der Waals surface area (Å²) in [6.07, 6.45) is -2.07. The molecule has 0 radical (unpaired) electrons. The number of carbonyl (C=O) groups excluding carboxylic acids is 9. The van der Waals surface area contributed by atoms with Gasteiger partial charge in [-0.1, -0.05) is 76.2 Å². The van der Waals surface area contributed by atoms with Gasteiger partial charge in [0.15, 0.2) is 0 Å². The van der Waals surface area contributed by atoms with Gasteiger partial charge in [0.2, 0.25) is 53.2 Å². The van der Waals surface area contributed by atoms with Crippen molar-refractivity contribution in [2.75, 3.05) is 13.2 Å². The third-order valence-corrected chi connectivity index (χ3v) is 11.3. The molecule has 404 valence electrons. The maximum atomic E-state index is 14.0. The van der Waals surface area contributed by atoms with Crippen LogP contribution >= 0.6 is 0 Å². The van der Waals surface area contributed by atoms with E-state index in [0.717, 1.165) is 12.5 Å². The van der Waals surface area contributed by atoms with E-state index < -0.39 is 151 Å². The van der Waals surface area contributed by atoms with Gasteiger partial charge in [-0.25, -0.2) is 4.79 Å². The number of rotatable bonds is 30. The summed E-state index contributed by atoms with van der Waals surface area (Å²) in [6.45, 7) is 5.61. The Bertz CT molecular complexity index is 2480. The molecular weight excluding hydrogens is 971 g/mol. The minimum absolute atomic E-state index is 0.00555. The lowest BCUT2D eigenvalue weighted by atomic mass is 10.0. The van der Waals surface area contributed by atoms with E-state index in [2.05, 4.69) is 47.5 Å². The van der Waals surface area contributed by atoms with Crippen LogP contribution in [0.3, 0.4) is 0 Å². The molecule has 26 nitrogen and oxygen atoms in total. The number of nitrogens with one attached hydrogen (secondary N) is 9. The lowest BCUT2D eigenvalue weighted by Gasteiger charge is -2.27. The zero-order valence-corrected chi connectivity index (χ0v) is 41.5. The second kappa shape index (κ2) is 28.9. The van der Waals surface area contributed by atoms with Gasteiger partial charge in [0, 0.05) is 23.5 Å². The third kappa shape index (κ3) is 19.2. The van der Waals surface area contributed by atoms with Gasteiger partial charge in [-0.05, 0) is 48.8 Å². The van der Waals surface area contributed by atoms with Crippen LogP contribution < -0.4 is 54.0 Å². The molecule has 17 N–H and O–H groups in total. The van der Waals surface area contributed by atoms with Gasteiger partial charge < -0.3 is 79.4 Å². The number of benzene rings is 2. The molecule has 0 saturated heterocycles. The first kappa shape index (κ1) is 60.3. The van der Waals surface area contributed by atoms with Crippen LogP contribution in [0.4, 0.5) is 0 Å². The molecule has 9 atom stereocenters. The SMILES string of the molecule is CC(C)C[C@H](NC(=O)[C@H](CC(N)=O)NC(=O)[C@H](Cc1c[nH]c2ccccc12)NC(=O)[C@H](CO)NC(=O)[C@@H](NC(=O)CNC(=O)[C@H](CC(=O)O)NC(=O)[C@@H](NC(=O)[C@@H](N)Cc1ccccc1)C(C)C)[C@@H](C)O)C(=O)O. The second-order valence-electron chi connectivity index (χ2n) is 18.3. The number of amides is 9. The standard InChI is InChI=1S/C48H67N11O15/c1-23(2)15-34(48(73)74)56-44(69)32(18-36(50)62)54-43(68)31(17-27-20-51-30-14-10-9-13-28(27)30)53-45(70)35(22-60)57-47(72)40(25(5)61)58-37(63)21-52-42(67)33(19-38(64)65)55-46(71)39(24(3)4)59-41(66)29(49)16-26-11-7-6-8-12-26/h6-14,20,23-25,29,31-35,39-40,51,60-61H,15-19,21-22,49H2,1-5H3,(H2,50,62)(H,52,67)(H,53,70)(H,54,68)(H,55,71)(H,56,69)(H,57,72)(H,58,63)(H,59,66)(H,64,65)(H,73,74)/t25-,29+,31+,32+,33+,34+,35+,39+,40+/m1/s1. The summed E-state index contributed by atoms with van der Waals surface area (Å²) in [5, 5.41) is 58.9. The van der Waals surface area contributed by atoms with Crippen molar-refractivity contribution >= 4 is 76.0 Å². The van der Waals surface area contributed by atoms with Crippen LogP contribution in [0.25, 0.3) is 10.9 Å². The van der Waals surface area contributed by atoms with Crippen molar-refractivity contribution in [1.29, 1.82) is 0 Å². The lowest BCUT2D eigenvalue weighted by molar-refractivity contribution is -0.143. The predicted molar refractivity (Wildman–Crippen MR) is 263 cm³/mol. The highest BCUT2D eigenvalue weighted by atomic mass is 16.4. The lowest BCUT2D eigenvalue weighted by Crippen LogP contribution is -2.61. The second-order valence-corrected chi connectivity index (χ2v) is 18.3. The number of aliphatic hydroxyl groups excluding tert-OH is 2. The highest BCUT2D eigenvalue weighted by molar-refractivity contribution is 5.99. The molecule has 26 heteroatoms. The van der Waals surface area contributed by atoms with Gasteiger partial charge in [-0.2, -0.15) is 0 Å². The van der Waals surface area contributed by atoms with Gasteiger partial charge in [-0.3, -0.25) is 47.9 Å². The monoisotopic (exact) mass is 1040 g/mol. The fourth-order valence-electron chi connectivity index (χ4n) is 7.43. The molecule has 74 heavy (non-hydrogen) atoms. The van der Waals surface area contributed by atoms with Crippen molar-refractivity contribution in [1.82, 2.24) is 47.5 Å². The number of aromatic nitrogens is 1. The summed E-state index contributed by atoms with van der Waals surface area (Å²) in [4.78, 5) is 146. The van der Waals surface area contributed by atoms with E-state index >= 15 is 0 Å². The van der Waals surface area contributed by atoms with Crippen LogP contribution in [-0.4, -0.2) is 158 Å². The highest BCUT2D eigenvalue weighted by Gasteiger charge is 2.36. The molecule has 0 aliphatic rings. The molecule has 0 spiro atoms. The molecule has 0 fully saturated rings. The van der Waals surface area contributed by atoms with Crippen molar-refractivity contribution in [3.05, 3.63) is 71.9 Å². The Morgan fingerprint density at radius 3 is 1.72 bits per heavy atom. The van der Waals surface area contributed by atoms with Crippen LogP contribution in [0.15, 0.2) is 60.8 Å². The van der Waals surface area contributed by atoms with E-state index in [1.54, 1.807) is 82.3 Å². The van der Waals surface area contributed by atoms with E-state index in [9.17, 15) is 73.2 Å². The largest absolute Gasteiger partial charge is 0.481 e. The van der Waals surface area contributed by atoms with Crippen LogP contribution in [0, 0.1) is 11.8 Å². The van der Waals surface area contributed by atoms with E-state index in [0.29, 0.717) is 16.5 Å². The topological polar surface area (TPSA) is 433 Å². The number of hydrogen-bond acceptors (Lipinski definition) is 14. The van der Waals surface area contributed by atoms with Crippen molar-refractivity contribution in [3.63, 3.8) is 0 Å². The van der Waals surface area contributed by atoms with Gasteiger partial charge in [0.25, 0.3) is 0 Å². The minimum atomic E-state index is -1.88. The molecule has 2 aromatic carbocycles. The van der Waals surface area contributed by atoms with Gasteiger partial charge in [0.05, 0.1) is 38.1 Å². The first-order valence-electron chi connectivity index (χ1n) is 23.6. The number of nitrogens with two attached hydrogens (primary N) is 2. The van der Waals surface area contributed by atoms with E-state index in [1.165, 1.54) is 6.20 Å². The Morgan fingerprint density at radius 1 is 0.595 bits per heavy atom. The minimum Gasteiger partial charge on any atom is -0.481 e. The van der Waals surface area contributed by atoms with Gasteiger partial charge in [-0.15, -0.1) is 0 Å². The number of carboxylic acid groups (broad SMARTS) is 2. The number of aliphatic hydroxyl groups is 2. The third-order valence-electron chi connectivity index (χ3n) is 11.3. The van der Waals surface area contributed by atoms with Crippen molar-refractivity contribution < 1.29 is 73.2 Å². The Balaban J connectivity index is 1.74. The van der Waals surface area contributed by atoms with Crippen molar-refractivity contribution in [3.8, 4) is 0 Å². The average Bonchev–Trinajstić information content (AvgIpc) is 3.74. The molecule has 0 aliphatic carbocycles. The number of aliphatic carboxylic acids is 2. The number of hydrogen-bond donors (Lipinski definition) is 15. The molecule has 9 amide bonds. The molecule has 0 unspecified atom stereocenters. The maximum Gasteiger partial charge on any atom is 0.326 e. The number of primary amides is 1. The van der Waals surface area contributed by atoms with Crippen LogP contribution in [0.1, 0.15) is 65.0 Å². The molecule has 0 aliphatic heterocycles. The van der Waals surface area contributed by atoms with E-state index in [4.69, 9.17) is 11.5 Å². The molecule has 0 bridgehead atoms. The number of aromatic amines is 1. The fourth-order valence-corrected chi connectivity index (χ4v) is 7.43. The number of carbonyl (C=O) groups is 11. The number of fused-ring (bicyclic) bond motifs is 1. The molecule has 3 rings (SSSR count). The summed E-state index contributed by atoms with van der Waals surface area (Å²) in [6, 6.07) is 3.07. The summed E-state index contributed by atoms with van der Waals surface area (Å²) in [5.74, 6) is -13.2. The van der Waals surface area contributed by atoms with E-state index in [1.807, 2.05) is 0 Å². The Labute approximate surface area is 425 Å². The first-order valence-corrected chi connectivity index (χ1v) is 23.6. The molecule has 3 aromatic rings. The smallest absolute Gasteiger partial charge is 0.326 e. The number of para-hydroxylation sites is 1.